The van der Waals surface area contributed by atoms with Crippen LogP contribution in [0.4, 0.5) is 4.79 Å². The first-order valence-electron chi connectivity index (χ1n) is 6.40. The highest BCUT2D eigenvalue weighted by atomic mass is 16.5. The third-order valence-electron chi connectivity index (χ3n) is 3.04. The van der Waals surface area contributed by atoms with Crippen LogP contribution in [0.3, 0.4) is 0 Å². The molecule has 2 N–H and O–H groups in total. The minimum atomic E-state index is -0.177. The SMILES string of the molecule is COCCNC(=O)CN(C)C(=O)NC1CCCC1. The highest BCUT2D eigenvalue weighted by Crippen LogP contribution is 2.17. The van der Waals surface area contributed by atoms with Crippen molar-refractivity contribution in [1.29, 1.82) is 0 Å². The molecular formula is C12H23N3O3. The number of amides is 3. The molecule has 0 aromatic carbocycles. The van der Waals surface area contributed by atoms with Crippen molar-refractivity contribution in [2.45, 2.75) is 31.7 Å². The van der Waals surface area contributed by atoms with Crippen LogP contribution in [-0.2, 0) is 9.53 Å². The van der Waals surface area contributed by atoms with Crippen LogP contribution in [0.2, 0.25) is 0 Å². The summed E-state index contributed by atoms with van der Waals surface area (Å²) in [5, 5.41) is 5.61. The van der Waals surface area contributed by atoms with E-state index >= 15 is 0 Å². The van der Waals surface area contributed by atoms with Crippen molar-refractivity contribution in [3.8, 4) is 0 Å². The van der Waals surface area contributed by atoms with E-state index in [1.807, 2.05) is 0 Å². The van der Waals surface area contributed by atoms with Gasteiger partial charge in [-0.15, -0.1) is 0 Å². The van der Waals surface area contributed by atoms with Gasteiger partial charge in [0.15, 0.2) is 0 Å². The molecular weight excluding hydrogens is 234 g/mol. The molecule has 0 aromatic heterocycles. The van der Waals surface area contributed by atoms with Crippen molar-refractivity contribution in [3.05, 3.63) is 0 Å². The lowest BCUT2D eigenvalue weighted by atomic mass is 10.2. The fourth-order valence-corrected chi connectivity index (χ4v) is 1.99. The van der Waals surface area contributed by atoms with Gasteiger partial charge in [-0.1, -0.05) is 12.8 Å². The van der Waals surface area contributed by atoms with Gasteiger partial charge in [0.25, 0.3) is 0 Å². The van der Waals surface area contributed by atoms with Gasteiger partial charge in [-0.25, -0.2) is 4.79 Å². The van der Waals surface area contributed by atoms with Crippen LogP contribution in [0.5, 0.6) is 0 Å². The zero-order valence-electron chi connectivity index (χ0n) is 11.2. The van der Waals surface area contributed by atoms with Crippen molar-refractivity contribution in [2.75, 3.05) is 33.9 Å². The topological polar surface area (TPSA) is 70.7 Å². The maximum absolute atomic E-state index is 11.8. The van der Waals surface area contributed by atoms with E-state index in [-0.39, 0.29) is 24.5 Å². The molecule has 6 heteroatoms. The monoisotopic (exact) mass is 257 g/mol. The fourth-order valence-electron chi connectivity index (χ4n) is 1.99. The smallest absolute Gasteiger partial charge is 0.317 e. The Bertz CT molecular complexity index is 278. The Kier molecular flexibility index (Phi) is 6.49. The van der Waals surface area contributed by atoms with Gasteiger partial charge in [-0.3, -0.25) is 4.79 Å². The Morgan fingerprint density at radius 2 is 2.00 bits per heavy atom. The van der Waals surface area contributed by atoms with Gasteiger partial charge in [0.05, 0.1) is 6.61 Å². The first-order chi connectivity index (χ1) is 8.63. The third-order valence-corrected chi connectivity index (χ3v) is 3.04. The second-order valence-corrected chi connectivity index (χ2v) is 4.63. The number of carbonyl (C=O) groups is 2. The predicted molar refractivity (Wildman–Crippen MR) is 68.3 cm³/mol. The summed E-state index contributed by atoms with van der Waals surface area (Å²) in [5.74, 6) is -0.170. The van der Waals surface area contributed by atoms with Crippen LogP contribution in [0.1, 0.15) is 25.7 Å². The molecule has 0 aromatic rings. The minimum absolute atomic E-state index is 0.0717. The molecule has 0 bridgehead atoms. The lowest BCUT2D eigenvalue weighted by molar-refractivity contribution is -0.121. The number of ether oxygens (including phenoxy) is 1. The highest BCUT2D eigenvalue weighted by Gasteiger charge is 2.19. The molecule has 0 atom stereocenters. The lowest BCUT2D eigenvalue weighted by Crippen LogP contribution is -2.46. The van der Waals surface area contributed by atoms with Crippen LogP contribution in [-0.4, -0.2) is 56.7 Å². The molecule has 0 radical (unpaired) electrons. The van der Waals surface area contributed by atoms with Crippen molar-refractivity contribution >= 4 is 11.9 Å². The van der Waals surface area contributed by atoms with E-state index in [0.29, 0.717) is 13.2 Å². The fraction of sp³-hybridized carbons (Fsp3) is 0.833. The Balaban J connectivity index is 2.19. The summed E-state index contributed by atoms with van der Waals surface area (Å²) in [7, 11) is 3.20. The van der Waals surface area contributed by atoms with E-state index in [1.54, 1.807) is 14.2 Å². The first-order valence-corrected chi connectivity index (χ1v) is 6.40. The molecule has 0 aliphatic heterocycles. The molecule has 1 aliphatic carbocycles. The average Bonchev–Trinajstić information content (AvgIpc) is 2.82. The van der Waals surface area contributed by atoms with E-state index in [0.717, 1.165) is 12.8 Å². The largest absolute Gasteiger partial charge is 0.383 e. The number of methoxy groups -OCH3 is 1. The second-order valence-electron chi connectivity index (χ2n) is 4.63. The number of urea groups is 1. The minimum Gasteiger partial charge on any atom is -0.383 e. The Morgan fingerprint density at radius 1 is 1.33 bits per heavy atom. The molecule has 0 spiro atoms. The van der Waals surface area contributed by atoms with Gasteiger partial charge in [-0.05, 0) is 12.8 Å². The number of nitrogens with zero attached hydrogens (tertiary/aromatic N) is 1. The Hall–Kier alpha value is -1.30. The molecule has 1 rings (SSSR count). The van der Waals surface area contributed by atoms with Crippen molar-refractivity contribution in [3.63, 3.8) is 0 Å². The number of hydrogen-bond donors (Lipinski definition) is 2. The molecule has 1 fully saturated rings. The zero-order valence-corrected chi connectivity index (χ0v) is 11.2. The summed E-state index contributed by atoms with van der Waals surface area (Å²) in [5.41, 5.74) is 0. The van der Waals surface area contributed by atoms with Gasteiger partial charge in [0.2, 0.25) is 5.91 Å². The van der Waals surface area contributed by atoms with Crippen molar-refractivity contribution in [1.82, 2.24) is 15.5 Å². The van der Waals surface area contributed by atoms with Crippen molar-refractivity contribution < 1.29 is 14.3 Å². The van der Waals surface area contributed by atoms with Gasteiger partial charge in [0, 0.05) is 26.7 Å². The molecule has 0 saturated heterocycles. The molecule has 0 unspecified atom stereocenters. The molecule has 18 heavy (non-hydrogen) atoms. The quantitative estimate of drug-likeness (QED) is 0.674. The molecule has 0 heterocycles. The third kappa shape index (κ3) is 5.35. The van der Waals surface area contributed by atoms with Crippen LogP contribution in [0, 0.1) is 0 Å². The van der Waals surface area contributed by atoms with E-state index in [2.05, 4.69) is 10.6 Å². The number of likely N-dealkylation sites (N-methyl/N-ethyl adjacent to an activating group) is 1. The molecule has 1 saturated carbocycles. The number of nitrogens with one attached hydrogen (secondary N) is 2. The summed E-state index contributed by atoms with van der Waals surface area (Å²) < 4.78 is 4.83. The summed E-state index contributed by atoms with van der Waals surface area (Å²) in [4.78, 5) is 24.7. The summed E-state index contributed by atoms with van der Waals surface area (Å²) in [6.45, 7) is 1.01. The van der Waals surface area contributed by atoms with Crippen LogP contribution in [0.15, 0.2) is 0 Å². The maximum atomic E-state index is 11.8. The Morgan fingerprint density at radius 3 is 2.61 bits per heavy atom. The van der Waals surface area contributed by atoms with E-state index in [1.165, 1.54) is 17.7 Å². The van der Waals surface area contributed by atoms with E-state index < -0.39 is 0 Å². The highest BCUT2D eigenvalue weighted by molar-refractivity contribution is 5.83. The molecule has 6 nitrogen and oxygen atoms in total. The normalized spacial score (nSPS) is 15.4. The van der Waals surface area contributed by atoms with Crippen LogP contribution < -0.4 is 10.6 Å². The average molecular weight is 257 g/mol. The second kappa shape index (κ2) is 7.92. The van der Waals surface area contributed by atoms with Crippen molar-refractivity contribution in [2.24, 2.45) is 0 Å². The number of rotatable bonds is 6. The van der Waals surface area contributed by atoms with Gasteiger partial charge < -0.3 is 20.3 Å². The Labute approximate surface area is 108 Å². The molecule has 1 aliphatic rings. The molecule has 104 valence electrons. The summed E-state index contributed by atoms with van der Waals surface area (Å²) in [6, 6.07) is 0.0975. The number of carbonyl (C=O) groups excluding carboxylic acids is 2. The van der Waals surface area contributed by atoms with Gasteiger partial charge in [0.1, 0.15) is 6.54 Å². The lowest BCUT2D eigenvalue weighted by Gasteiger charge is -2.20. The van der Waals surface area contributed by atoms with Crippen LogP contribution in [0.25, 0.3) is 0 Å². The van der Waals surface area contributed by atoms with E-state index in [9.17, 15) is 9.59 Å². The standard InChI is InChI=1S/C12H23N3O3/c1-15(9-11(16)13-7-8-18-2)12(17)14-10-5-3-4-6-10/h10H,3-9H2,1-2H3,(H,13,16)(H,14,17). The zero-order chi connectivity index (χ0) is 13.4. The van der Waals surface area contributed by atoms with Crippen LogP contribution >= 0.6 is 0 Å². The maximum Gasteiger partial charge on any atom is 0.317 e. The number of hydrogen-bond acceptors (Lipinski definition) is 3. The summed E-state index contributed by atoms with van der Waals surface area (Å²) in [6.07, 6.45) is 4.43. The van der Waals surface area contributed by atoms with Gasteiger partial charge >= 0.3 is 6.03 Å². The summed E-state index contributed by atoms with van der Waals surface area (Å²) >= 11 is 0. The predicted octanol–water partition coefficient (Wildman–Crippen LogP) is 0.333. The first kappa shape index (κ1) is 14.8. The van der Waals surface area contributed by atoms with E-state index in [4.69, 9.17) is 4.74 Å². The van der Waals surface area contributed by atoms with Gasteiger partial charge in [-0.2, -0.15) is 0 Å². The molecule has 3 amide bonds.